The van der Waals surface area contributed by atoms with Crippen LogP contribution in [0.2, 0.25) is 0 Å². The maximum absolute atomic E-state index is 12.0. The van der Waals surface area contributed by atoms with Crippen molar-refractivity contribution in [3.63, 3.8) is 0 Å². The Kier molecular flexibility index (Phi) is 6.65. The number of carbonyl (C=O) groups is 2. The van der Waals surface area contributed by atoms with Gasteiger partial charge in [0.05, 0.1) is 19.5 Å². The first-order valence-electron chi connectivity index (χ1n) is 7.36. The van der Waals surface area contributed by atoms with Crippen LogP contribution < -0.4 is 5.32 Å². The molecule has 1 aromatic carbocycles. The first-order chi connectivity index (χ1) is 10.6. The van der Waals surface area contributed by atoms with Gasteiger partial charge in [-0.15, -0.1) is 11.8 Å². The van der Waals surface area contributed by atoms with E-state index >= 15 is 0 Å². The number of benzene rings is 1. The first kappa shape index (κ1) is 19.5. The maximum atomic E-state index is 12.0. The van der Waals surface area contributed by atoms with Crippen molar-refractivity contribution in [3.8, 4) is 0 Å². The van der Waals surface area contributed by atoms with Gasteiger partial charge in [0, 0.05) is 4.90 Å². The Hall–Kier alpha value is -1.53. The second-order valence-corrected chi connectivity index (χ2v) is 7.64. The molecule has 128 valence electrons. The molecule has 0 aliphatic carbocycles. The zero-order chi connectivity index (χ0) is 17.7. The third kappa shape index (κ3) is 5.55. The summed E-state index contributed by atoms with van der Waals surface area (Å²) in [6.45, 7) is 7.34. The molecule has 0 bridgehead atoms. The van der Waals surface area contributed by atoms with Crippen LogP contribution in [0.15, 0.2) is 29.2 Å². The van der Waals surface area contributed by atoms with Crippen molar-refractivity contribution in [3.05, 3.63) is 29.8 Å². The average Bonchev–Trinajstić information content (AvgIpc) is 2.51. The molecule has 1 amide bonds. The summed E-state index contributed by atoms with van der Waals surface area (Å²) in [5, 5.41) is 11.8. The molecule has 23 heavy (non-hydrogen) atoms. The van der Waals surface area contributed by atoms with E-state index in [1.165, 1.54) is 31.4 Å². The van der Waals surface area contributed by atoms with Gasteiger partial charge >= 0.3 is 5.97 Å². The highest BCUT2D eigenvalue weighted by molar-refractivity contribution is 8.00. The second kappa shape index (κ2) is 7.84. The Labute approximate surface area is 141 Å². The number of nitrogens with one attached hydrogen (secondary N) is 1. The average molecular weight is 339 g/mol. The number of aliphatic hydroxyl groups excluding tert-OH is 1. The summed E-state index contributed by atoms with van der Waals surface area (Å²) >= 11 is 1.37. The summed E-state index contributed by atoms with van der Waals surface area (Å²) in [6, 6.07) is 8.05. The van der Waals surface area contributed by atoms with E-state index in [0.717, 1.165) is 4.90 Å². The number of amides is 1. The van der Waals surface area contributed by atoms with Crippen molar-refractivity contribution < 1.29 is 19.4 Å². The van der Waals surface area contributed by atoms with Crippen LogP contribution in [0.4, 0.5) is 0 Å². The summed E-state index contributed by atoms with van der Waals surface area (Å²) in [7, 11) is 1.22. The first-order valence-corrected chi connectivity index (χ1v) is 8.34. The zero-order valence-corrected chi connectivity index (χ0v) is 15.1. The number of aliphatic hydroxyl groups is 1. The molecule has 0 saturated heterocycles. The van der Waals surface area contributed by atoms with Gasteiger partial charge < -0.3 is 15.2 Å². The molecular formula is C17H25NO4S. The van der Waals surface area contributed by atoms with E-state index in [0.29, 0.717) is 0 Å². The predicted octanol–water partition coefficient (Wildman–Crippen LogP) is 2.12. The summed E-state index contributed by atoms with van der Waals surface area (Å²) < 4.78 is 4.59. The SMILES string of the molecule is COC(=O)C(C)(CO)NC(=O)CSc1ccc(C(C)(C)C)cc1. The molecule has 6 heteroatoms. The highest BCUT2D eigenvalue weighted by Crippen LogP contribution is 2.25. The van der Waals surface area contributed by atoms with Crippen LogP contribution in [0.1, 0.15) is 33.3 Å². The molecule has 1 aromatic rings. The van der Waals surface area contributed by atoms with Gasteiger partial charge in [0.15, 0.2) is 5.54 Å². The third-order valence-corrected chi connectivity index (χ3v) is 4.47. The molecular weight excluding hydrogens is 314 g/mol. The largest absolute Gasteiger partial charge is 0.467 e. The topological polar surface area (TPSA) is 75.6 Å². The molecule has 0 spiro atoms. The Morgan fingerprint density at radius 3 is 2.17 bits per heavy atom. The van der Waals surface area contributed by atoms with Crippen LogP contribution >= 0.6 is 11.8 Å². The number of carbonyl (C=O) groups excluding carboxylic acids is 2. The molecule has 2 N–H and O–H groups in total. The van der Waals surface area contributed by atoms with Gasteiger partial charge in [0.2, 0.25) is 5.91 Å². The molecule has 1 rings (SSSR count). The second-order valence-electron chi connectivity index (χ2n) is 6.59. The van der Waals surface area contributed by atoms with Gasteiger partial charge in [-0.1, -0.05) is 32.9 Å². The van der Waals surface area contributed by atoms with Crippen LogP contribution in [-0.2, 0) is 19.7 Å². The Bertz CT molecular complexity index is 551. The minimum Gasteiger partial charge on any atom is -0.467 e. The lowest BCUT2D eigenvalue weighted by Gasteiger charge is -2.25. The van der Waals surface area contributed by atoms with E-state index in [1.807, 2.05) is 24.3 Å². The highest BCUT2D eigenvalue weighted by atomic mass is 32.2. The van der Waals surface area contributed by atoms with Crippen molar-refractivity contribution >= 4 is 23.6 Å². The third-order valence-electron chi connectivity index (χ3n) is 3.46. The Balaban J connectivity index is 2.61. The van der Waals surface area contributed by atoms with Crippen LogP contribution in [0.25, 0.3) is 0 Å². The number of ether oxygens (including phenoxy) is 1. The van der Waals surface area contributed by atoms with Crippen LogP contribution in [0.3, 0.4) is 0 Å². The summed E-state index contributed by atoms with van der Waals surface area (Å²) in [6.07, 6.45) is 0. The van der Waals surface area contributed by atoms with Crippen molar-refractivity contribution in [1.82, 2.24) is 5.32 Å². The highest BCUT2D eigenvalue weighted by Gasteiger charge is 2.35. The standard InChI is InChI=1S/C17H25NO4S/c1-16(2,3)12-6-8-13(9-7-12)23-10-14(20)18-17(4,11-19)15(21)22-5/h6-9,19H,10-11H2,1-5H3,(H,18,20). The van der Waals surface area contributed by atoms with Gasteiger partial charge in [-0.2, -0.15) is 0 Å². The number of methoxy groups -OCH3 is 1. The number of hydrogen-bond donors (Lipinski definition) is 2. The lowest BCUT2D eigenvalue weighted by molar-refractivity contribution is -0.151. The molecule has 0 radical (unpaired) electrons. The minimum absolute atomic E-state index is 0.0873. The molecule has 1 unspecified atom stereocenters. The number of rotatable bonds is 6. The van der Waals surface area contributed by atoms with E-state index in [9.17, 15) is 14.7 Å². The normalized spacial score (nSPS) is 14.0. The van der Waals surface area contributed by atoms with Gasteiger partial charge in [-0.25, -0.2) is 4.79 Å². The van der Waals surface area contributed by atoms with E-state index in [4.69, 9.17) is 0 Å². The van der Waals surface area contributed by atoms with Crippen molar-refractivity contribution in [1.29, 1.82) is 0 Å². The summed E-state index contributed by atoms with van der Waals surface area (Å²) in [5.74, 6) is -0.855. The van der Waals surface area contributed by atoms with Crippen LogP contribution in [0, 0.1) is 0 Å². The molecule has 0 aliphatic heterocycles. The maximum Gasteiger partial charge on any atom is 0.333 e. The molecule has 0 aromatic heterocycles. The van der Waals surface area contributed by atoms with Crippen molar-refractivity contribution in [2.24, 2.45) is 0 Å². The van der Waals surface area contributed by atoms with E-state index < -0.39 is 18.1 Å². The number of thioether (sulfide) groups is 1. The molecule has 0 aliphatic rings. The lowest BCUT2D eigenvalue weighted by atomic mass is 9.87. The fraction of sp³-hybridized carbons (Fsp3) is 0.529. The molecule has 0 saturated carbocycles. The summed E-state index contributed by atoms with van der Waals surface area (Å²) in [4.78, 5) is 24.6. The molecule has 0 fully saturated rings. The Morgan fingerprint density at radius 2 is 1.74 bits per heavy atom. The van der Waals surface area contributed by atoms with Gasteiger partial charge in [-0.05, 0) is 30.0 Å². The smallest absolute Gasteiger partial charge is 0.333 e. The molecule has 5 nitrogen and oxygen atoms in total. The molecule has 0 heterocycles. The Morgan fingerprint density at radius 1 is 1.17 bits per heavy atom. The van der Waals surface area contributed by atoms with Crippen molar-refractivity contribution in [2.75, 3.05) is 19.5 Å². The van der Waals surface area contributed by atoms with Gasteiger partial charge in [0.1, 0.15) is 0 Å². The van der Waals surface area contributed by atoms with Crippen LogP contribution in [0.5, 0.6) is 0 Å². The predicted molar refractivity (Wildman–Crippen MR) is 91.5 cm³/mol. The van der Waals surface area contributed by atoms with E-state index in [-0.39, 0.29) is 17.1 Å². The fourth-order valence-electron chi connectivity index (χ4n) is 1.92. The van der Waals surface area contributed by atoms with E-state index in [2.05, 4.69) is 30.8 Å². The van der Waals surface area contributed by atoms with Gasteiger partial charge in [-0.3, -0.25) is 4.79 Å². The molecule has 1 atom stereocenters. The van der Waals surface area contributed by atoms with Gasteiger partial charge in [0.25, 0.3) is 0 Å². The number of hydrogen-bond acceptors (Lipinski definition) is 5. The van der Waals surface area contributed by atoms with Crippen molar-refractivity contribution in [2.45, 2.75) is 43.5 Å². The lowest BCUT2D eigenvalue weighted by Crippen LogP contribution is -2.56. The van der Waals surface area contributed by atoms with E-state index in [1.54, 1.807) is 0 Å². The number of esters is 1. The summed E-state index contributed by atoms with van der Waals surface area (Å²) in [5.41, 5.74) is -0.100. The monoisotopic (exact) mass is 339 g/mol. The zero-order valence-electron chi connectivity index (χ0n) is 14.3. The van der Waals surface area contributed by atoms with Crippen LogP contribution in [-0.4, -0.2) is 42.0 Å². The quantitative estimate of drug-likeness (QED) is 0.613. The minimum atomic E-state index is -1.41. The fourth-order valence-corrected chi connectivity index (χ4v) is 2.62.